The molecule has 0 N–H and O–H groups in total. The van der Waals surface area contributed by atoms with Crippen molar-refractivity contribution in [2.24, 2.45) is 0 Å². The number of rotatable bonds is 9. The molecule has 0 spiro atoms. The number of fused-ring (bicyclic) bond motifs is 1. The van der Waals surface area contributed by atoms with E-state index >= 15 is 4.39 Å². The van der Waals surface area contributed by atoms with Crippen molar-refractivity contribution < 1.29 is 26.7 Å². The number of benzene rings is 4. The highest BCUT2D eigenvalue weighted by Crippen LogP contribution is 2.33. The minimum absolute atomic E-state index is 0.103. The fourth-order valence-corrected chi connectivity index (χ4v) is 4.34. The lowest BCUT2D eigenvalue weighted by Crippen LogP contribution is -2.17. The lowest BCUT2D eigenvalue weighted by molar-refractivity contribution is -0.275. The Morgan fingerprint density at radius 2 is 1.36 bits per heavy atom. The summed E-state index contributed by atoms with van der Waals surface area (Å²) in [6.45, 7) is 2.20. The molecule has 0 heterocycles. The van der Waals surface area contributed by atoms with Gasteiger partial charge in [0, 0.05) is 10.9 Å². The molecule has 0 atom stereocenters. The minimum Gasteiger partial charge on any atom is -0.403 e. The molecule has 0 saturated heterocycles. The van der Waals surface area contributed by atoms with Crippen LogP contribution in [0.15, 0.2) is 72.8 Å². The van der Waals surface area contributed by atoms with E-state index in [1.54, 1.807) is 12.1 Å². The molecule has 0 bridgehead atoms. The van der Waals surface area contributed by atoms with Crippen LogP contribution in [-0.2, 0) is 19.3 Å². The van der Waals surface area contributed by atoms with Crippen LogP contribution in [0.2, 0.25) is 0 Å². The van der Waals surface area contributed by atoms with E-state index in [1.807, 2.05) is 12.1 Å². The lowest BCUT2D eigenvalue weighted by atomic mass is 9.96. The summed E-state index contributed by atoms with van der Waals surface area (Å²) in [6, 6.07) is 20.3. The Morgan fingerprint density at radius 1 is 0.694 bits per heavy atom. The van der Waals surface area contributed by atoms with E-state index < -0.39 is 23.7 Å². The van der Waals surface area contributed by atoms with Crippen LogP contribution in [0.5, 0.6) is 5.75 Å². The van der Waals surface area contributed by atoms with Crippen LogP contribution in [0.25, 0.3) is 21.9 Å². The molecule has 36 heavy (non-hydrogen) atoms. The highest BCUT2D eigenvalue weighted by atomic mass is 19.4. The first-order valence-corrected chi connectivity index (χ1v) is 12.1. The zero-order valence-corrected chi connectivity index (χ0v) is 20.0. The molecule has 188 valence electrons. The van der Waals surface area contributed by atoms with Gasteiger partial charge in [-0.2, -0.15) is 0 Å². The van der Waals surface area contributed by atoms with Crippen LogP contribution in [0.1, 0.15) is 42.9 Å². The Balaban J connectivity index is 1.47. The lowest BCUT2D eigenvalue weighted by Gasteiger charge is -2.12. The zero-order valence-electron chi connectivity index (χ0n) is 20.0. The summed E-state index contributed by atoms with van der Waals surface area (Å²) in [5, 5.41) is 1.07. The van der Waals surface area contributed by atoms with Gasteiger partial charge in [0.25, 0.3) is 0 Å². The van der Waals surface area contributed by atoms with Crippen LogP contribution < -0.4 is 4.74 Å². The van der Waals surface area contributed by atoms with Crippen LogP contribution in [-0.4, -0.2) is 6.36 Å². The van der Waals surface area contributed by atoms with E-state index in [0.29, 0.717) is 10.8 Å². The number of ether oxygens (including phenoxy) is 1. The SMILES string of the molecule is CCCCCc1ccc(CCc2ccc3c(F)c(-c4ccc(OC(F)(F)F)c(F)c4)ccc3c2)cc1. The highest BCUT2D eigenvalue weighted by molar-refractivity contribution is 5.88. The summed E-state index contributed by atoms with van der Waals surface area (Å²) in [4.78, 5) is 0. The summed E-state index contributed by atoms with van der Waals surface area (Å²) < 4.78 is 70.2. The number of alkyl halides is 3. The van der Waals surface area contributed by atoms with Crippen molar-refractivity contribution in [3.63, 3.8) is 0 Å². The van der Waals surface area contributed by atoms with Crippen LogP contribution in [0.4, 0.5) is 22.0 Å². The fraction of sp³-hybridized carbons (Fsp3) is 0.267. The Labute approximate surface area is 207 Å². The first kappa shape index (κ1) is 25.7. The van der Waals surface area contributed by atoms with Gasteiger partial charge in [0.05, 0.1) is 0 Å². The molecule has 0 amide bonds. The minimum atomic E-state index is -5.01. The van der Waals surface area contributed by atoms with Crippen LogP contribution in [0.3, 0.4) is 0 Å². The largest absolute Gasteiger partial charge is 0.573 e. The predicted octanol–water partition coefficient (Wildman–Crippen LogP) is 9.20. The van der Waals surface area contributed by atoms with Gasteiger partial charge in [-0.1, -0.05) is 80.4 Å². The highest BCUT2D eigenvalue weighted by Gasteiger charge is 2.32. The second-order valence-electron chi connectivity index (χ2n) is 8.95. The normalized spacial score (nSPS) is 11.7. The molecule has 1 nitrogen and oxygen atoms in total. The third-order valence-electron chi connectivity index (χ3n) is 6.28. The maximum absolute atomic E-state index is 15.3. The molecular formula is C30H27F5O. The summed E-state index contributed by atoms with van der Waals surface area (Å²) >= 11 is 0. The van der Waals surface area contributed by atoms with E-state index in [1.165, 1.54) is 42.5 Å². The van der Waals surface area contributed by atoms with Gasteiger partial charge in [0.1, 0.15) is 5.82 Å². The molecule has 4 aromatic rings. The van der Waals surface area contributed by atoms with Crippen LogP contribution in [0, 0.1) is 11.6 Å². The Morgan fingerprint density at radius 3 is 2.03 bits per heavy atom. The second-order valence-corrected chi connectivity index (χ2v) is 8.95. The van der Waals surface area contributed by atoms with Gasteiger partial charge in [-0.25, -0.2) is 8.78 Å². The number of aryl methyl sites for hydroxylation is 3. The fourth-order valence-electron chi connectivity index (χ4n) is 4.34. The van der Waals surface area contributed by atoms with Crippen LogP contribution >= 0.6 is 0 Å². The predicted molar refractivity (Wildman–Crippen MR) is 133 cm³/mol. The summed E-state index contributed by atoms with van der Waals surface area (Å²) in [6.07, 6.45) is 1.43. The van der Waals surface area contributed by atoms with E-state index in [0.717, 1.165) is 37.0 Å². The average molecular weight is 499 g/mol. The molecule has 4 aromatic carbocycles. The zero-order chi connectivity index (χ0) is 25.7. The molecule has 0 radical (unpaired) electrons. The third kappa shape index (κ3) is 6.42. The topological polar surface area (TPSA) is 9.23 Å². The molecule has 0 aromatic heterocycles. The van der Waals surface area contributed by atoms with E-state index in [9.17, 15) is 17.6 Å². The average Bonchev–Trinajstić information content (AvgIpc) is 2.84. The van der Waals surface area contributed by atoms with Gasteiger partial charge < -0.3 is 4.74 Å². The quantitative estimate of drug-likeness (QED) is 0.165. The summed E-state index contributed by atoms with van der Waals surface area (Å²) in [5.41, 5.74) is 3.90. The molecule has 0 fully saturated rings. The van der Waals surface area contributed by atoms with Crippen molar-refractivity contribution in [1.29, 1.82) is 0 Å². The van der Waals surface area contributed by atoms with E-state index in [4.69, 9.17) is 0 Å². The standard InChI is InChI=1S/C30H27F5O/c1-2-3-4-5-20-6-8-21(9-7-20)10-11-22-12-15-25-23(18-22)13-16-26(29(25)32)24-14-17-28(27(31)19-24)36-30(33,34)35/h6-9,12-19H,2-5,10-11H2,1H3. The number of unbranched alkanes of at least 4 members (excludes halogenated alkanes) is 2. The first-order valence-electron chi connectivity index (χ1n) is 12.1. The number of halogens is 5. The smallest absolute Gasteiger partial charge is 0.403 e. The van der Waals surface area contributed by atoms with Crippen molar-refractivity contribution >= 4 is 10.8 Å². The number of hydrogen-bond acceptors (Lipinski definition) is 1. The molecule has 0 saturated carbocycles. The van der Waals surface area contributed by atoms with Crippen molar-refractivity contribution in [1.82, 2.24) is 0 Å². The maximum Gasteiger partial charge on any atom is 0.573 e. The first-order chi connectivity index (χ1) is 17.2. The van der Waals surface area contributed by atoms with Gasteiger partial charge in [0.2, 0.25) is 0 Å². The molecule has 6 heteroatoms. The maximum atomic E-state index is 15.3. The Bertz CT molecular complexity index is 1330. The van der Waals surface area contributed by atoms with Crippen molar-refractivity contribution in [2.45, 2.75) is 51.8 Å². The van der Waals surface area contributed by atoms with E-state index in [-0.39, 0.29) is 11.1 Å². The van der Waals surface area contributed by atoms with Gasteiger partial charge in [-0.3, -0.25) is 0 Å². The van der Waals surface area contributed by atoms with E-state index in [2.05, 4.69) is 35.9 Å². The molecule has 4 rings (SSSR count). The molecule has 0 unspecified atom stereocenters. The molecule has 0 aliphatic carbocycles. The Kier molecular flexibility index (Phi) is 7.92. The molecule has 0 aliphatic rings. The molecular weight excluding hydrogens is 471 g/mol. The van der Waals surface area contributed by atoms with Gasteiger partial charge in [-0.05, 0) is 65.5 Å². The summed E-state index contributed by atoms with van der Waals surface area (Å²) in [7, 11) is 0. The van der Waals surface area contributed by atoms with Gasteiger partial charge >= 0.3 is 6.36 Å². The second kappa shape index (κ2) is 11.1. The van der Waals surface area contributed by atoms with Gasteiger partial charge in [-0.15, -0.1) is 13.2 Å². The van der Waals surface area contributed by atoms with Crippen molar-refractivity contribution in [3.05, 3.63) is 101 Å². The monoisotopic (exact) mass is 498 g/mol. The summed E-state index contributed by atoms with van der Waals surface area (Å²) in [5.74, 6) is -2.72. The third-order valence-corrected chi connectivity index (χ3v) is 6.28. The molecule has 0 aliphatic heterocycles. The number of hydrogen-bond donors (Lipinski definition) is 0. The van der Waals surface area contributed by atoms with Gasteiger partial charge in [0.15, 0.2) is 11.6 Å². The Hall–Kier alpha value is -3.41. The van der Waals surface area contributed by atoms with Crippen molar-refractivity contribution in [2.75, 3.05) is 0 Å². The van der Waals surface area contributed by atoms with Crippen molar-refractivity contribution in [3.8, 4) is 16.9 Å².